The van der Waals surface area contributed by atoms with Gasteiger partial charge in [-0.15, -0.1) is 35.3 Å². The van der Waals surface area contributed by atoms with Gasteiger partial charge in [-0.3, -0.25) is 14.6 Å². The summed E-state index contributed by atoms with van der Waals surface area (Å²) >= 11 is 1.85. The van der Waals surface area contributed by atoms with Crippen molar-refractivity contribution < 1.29 is 9.59 Å². The molecule has 0 bridgehead atoms. The summed E-state index contributed by atoms with van der Waals surface area (Å²) in [5, 5.41) is 11.5. The number of nitrogens with zero attached hydrogens (tertiary/aromatic N) is 1. The van der Waals surface area contributed by atoms with Crippen LogP contribution < -0.4 is 21.7 Å². The van der Waals surface area contributed by atoms with E-state index in [1.165, 1.54) is 37.0 Å². The fourth-order valence-corrected chi connectivity index (χ4v) is 5.01. The van der Waals surface area contributed by atoms with Gasteiger partial charge in [0.15, 0.2) is 5.96 Å². The average Bonchev–Trinajstić information content (AvgIpc) is 3.34. The first-order valence-corrected chi connectivity index (χ1v) is 11.5. The molecule has 174 valence electrons. The van der Waals surface area contributed by atoms with Crippen molar-refractivity contribution in [3.8, 4) is 0 Å². The van der Waals surface area contributed by atoms with Crippen LogP contribution in [-0.4, -0.2) is 37.9 Å². The highest BCUT2D eigenvalue weighted by Crippen LogP contribution is 2.41. The average molecular weight is 570 g/mol. The zero-order valence-corrected chi connectivity index (χ0v) is 21.5. The molecule has 0 aliphatic heterocycles. The number of benzene rings is 1. The largest absolute Gasteiger partial charge is 0.368 e. The second kappa shape index (κ2) is 12.8. The number of halogens is 1. The van der Waals surface area contributed by atoms with Crippen LogP contribution in [-0.2, 0) is 16.8 Å². The molecule has 0 atom stereocenters. The minimum atomic E-state index is -0.567. The summed E-state index contributed by atoms with van der Waals surface area (Å²) in [5.74, 6) is -0.117. The number of hydrogen-bond donors (Lipinski definition) is 4. The van der Waals surface area contributed by atoms with Crippen LogP contribution >= 0.6 is 35.3 Å². The first-order valence-electron chi connectivity index (χ1n) is 10.7. The van der Waals surface area contributed by atoms with E-state index in [0.29, 0.717) is 12.1 Å². The topological polar surface area (TPSA) is 109 Å². The van der Waals surface area contributed by atoms with Crippen LogP contribution in [0.5, 0.6) is 0 Å². The Bertz CT molecular complexity index is 894. The Balaban J connectivity index is 0.00000363. The van der Waals surface area contributed by atoms with Crippen LogP contribution in [0.2, 0.25) is 0 Å². The smallest absolute Gasteiger partial charge is 0.251 e. The van der Waals surface area contributed by atoms with E-state index < -0.39 is 5.91 Å². The van der Waals surface area contributed by atoms with Crippen LogP contribution in [0.25, 0.3) is 0 Å². The van der Waals surface area contributed by atoms with Gasteiger partial charge >= 0.3 is 0 Å². The summed E-state index contributed by atoms with van der Waals surface area (Å²) < 4.78 is 0. The number of carbonyl (C=O) groups excluding carboxylic acids is 2. The number of amides is 2. The zero-order valence-electron chi connectivity index (χ0n) is 18.4. The molecule has 1 aliphatic rings. The molecule has 5 N–H and O–H groups in total. The number of thiophene rings is 1. The molecule has 1 saturated carbocycles. The van der Waals surface area contributed by atoms with Crippen LogP contribution in [0.4, 0.5) is 0 Å². The van der Waals surface area contributed by atoms with Crippen molar-refractivity contribution in [3.05, 3.63) is 57.8 Å². The summed E-state index contributed by atoms with van der Waals surface area (Å²) in [6, 6.07) is 11.6. The Kier molecular flexibility index (Phi) is 10.4. The van der Waals surface area contributed by atoms with E-state index in [-0.39, 0.29) is 41.8 Å². The molecule has 1 aromatic heterocycles. The van der Waals surface area contributed by atoms with Gasteiger partial charge in [0.1, 0.15) is 0 Å². The van der Waals surface area contributed by atoms with Gasteiger partial charge in [-0.05, 0) is 42.0 Å². The SMILES string of the molecule is CN=C(NCc1ccc(C(=O)NCC(N)=O)cc1)NCC1(c2cccs2)CCCCC1.I. The van der Waals surface area contributed by atoms with Crippen molar-refractivity contribution in [2.75, 3.05) is 20.1 Å². The highest BCUT2D eigenvalue weighted by atomic mass is 127. The van der Waals surface area contributed by atoms with E-state index in [4.69, 9.17) is 5.73 Å². The van der Waals surface area contributed by atoms with Crippen molar-refractivity contribution in [1.29, 1.82) is 0 Å². The lowest BCUT2D eigenvalue weighted by Gasteiger charge is -2.37. The molecule has 2 amide bonds. The molecule has 1 fully saturated rings. The van der Waals surface area contributed by atoms with Gasteiger partial charge in [0.05, 0.1) is 6.54 Å². The molecule has 0 saturated heterocycles. The van der Waals surface area contributed by atoms with Gasteiger partial charge in [-0.2, -0.15) is 0 Å². The Morgan fingerprint density at radius 2 is 1.78 bits per heavy atom. The summed E-state index contributed by atoms with van der Waals surface area (Å²) in [4.78, 5) is 28.6. The maximum atomic E-state index is 12.0. The van der Waals surface area contributed by atoms with E-state index in [0.717, 1.165) is 18.1 Å². The van der Waals surface area contributed by atoms with Crippen LogP contribution in [0.15, 0.2) is 46.8 Å². The molecule has 1 aliphatic carbocycles. The van der Waals surface area contributed by atoms with Crippen molar-refractivity contribution in [3.63, 3.8) is 0 Å². The number of nitrogens with two attached hydrogens (primary N) is 1. The normalized spacial score (nSPS) is 15.3. The van der Waals surface area contributed by atoms with Gasteiger partial charge in [0, 0.05) is 36.0 Å². The maximum Gasteiger partial charge on any atom is 0.251 e. The predicted octanol–water partition coefficient (Wildman–Crippen LogP) is 3.15. The molecule has 1 heterocycles. The molecule has 0 spiro atoms. The molecule has 7 nitrogen and oxygen atoms in total. The molecule has 32 heavy (non-hydrogen) atoms. The van der Waals surface area contributed by atoms with Crippen LogP contribution in [0, 0.1) is 0 Å². The third-order valence-corrected chi connectivity index (χ3v) is 6.89. The zero-order chi connectivity index (χ0) is 22.1. The summed E-state index contributed by atoms with van der Waals surface area (Å²) in [5.41, 5.74) is 6.75. The van der Waals surface area contributed by atoms with E-state index in [1.54, 1.807) is 19.2 Å². The molecular formula is C23H32IN5O2S. The molecule has 1 aromatic carbocycles. The van der Waals surface area contributed by atoms with Gasteiger partial charge < -0.3 is 21.7 Å². The van der Waals surface area contributed by atoms with Crippen LogP contribution in [0.3, 0.4) is 0 Å². The molecular weight excluding hydrogens is 537 g/mol. The van der Waals surface area contributed by atoms with E-state index in [9.17, 15) is 9.59 Å². The summed E-state index contributed by atoms with van der Waals surface area (Å²) in [6.45, 7) is 1.29. The monoisotopic (exact) mass is 569 g/mol. The number of primary amides is 1. The van der Waals surface area contributed by atoms with Crippen molar-refractivity contribution in [2.24, 2.45) is 10.7 Å². The number of hydrogen-bond acceptors (Lipinski definition) is 4. The van der Waals surface area contributed by atoms with Crippen molar-refractivity contribution >= 4 is 53.1 Å². The number of carbonyl (C=O) groups is 2. The first-order chi connectivity index (χ1) is 15.0. The maximum absolute atomic E-state index is 12.0. The number of rotatable bonds is 8. The van der Waals surface area contributed by atoms with E-state index in [2.05, 4.69) is 38.5 Å². The van der Waals surface area contributed by atoms with Crippen LogP contribution in [0.1, 0.15) is 52.9 Å². The van der Waals surface area contributed by atoms with E-state index in [1.807, 2.05) is 23.5 Å². The van der Waals surface area contributed by atoms with Gasteiger partial charge in [-0.25, -0.2) is 0 Å². The summed E-state index contributed by atoms with van der Waals surface area (Å²) in [6.07, 6.45) is 6.26. The predicted molar refractivity (Wildman–Crippen MR) is 141 cm³/mol. The minimum absolute atomic E-state index is 0. The van der Waals surface area contributed by atoms with E-state index >= 15 is 0 Å². The standard InChI is InChI=1S/C23H31N5O2S.HI/c1-25-22(28-16-23(11-3-2-4-12-23)19-6-5-13-31-19)27-14-17-7-9-18(10-8-17)21(30)26-15-20(24)29;/h5-10,13H,2-4,11-12,14-16H2,1H3,(H2,24,29)(H,26,30)(H2,25,27,28);1H. The van der Waals surface area contributed by atoms with Crippen molar-refractivity contribution in [1.82, 2.24) is 16.0 Å². The molecule has 2 aromatic rings. The van der Waals surface area contributed by atoms with Gasteiger partial charge in [-0.1, -0.05) is 37.5 Å². The molecule has 9 heteroatoms. The Morgan fingerprint density at radius 3 is 2.38 bits per heavy atom. The van der Waals surface area contributed by atoms with Gasteiger partial charge in [0.2, 0.25) is 5.91 Å². The molecule has 0 radical (unpaired) electrons. The highest BCUT2D eigenvalue weighted by Gasteiger charge is 2.34. The fourth-order valence-electron chi connectivity index (χ4n) is 4.02. The first kappa shape index (κ1) is 26.1. The number of nitrogens with one attached hydrogen (secondary N) is 3. The van der Waals surface area contributed by atoms with Gasteiger partial charge in [0.25, 0.3) is 5.91 Å². The summed E-state index contributed by atoms with van der Waals surface area (Å²) in [7, 11) is 1.78. The molecule has 3 rings (SSSR count). The minimum Gasteiger partial charge on any atom is -0.368 e. The third kappa shape index (κ3) is 7.19. The highest BCUT2D eigenvalue weighted by molar-refractivity contribution is 14.0. The Labute approximate surface area is 210 Å². The second-order valence-corrected chi connectivity index (χ2v) is 8.89. The third-order valence-electron chi connectivity index (χ3n) is 5.77. The Morgan fingerprint density at radius 1 is 1.06 bits per heavy atom. The lowest BCUT2D eigenvalue weighted by Crippen LogP contribution is -2.46. The fraction of sp³-hybridized carbons (Fsp3) is 0.435. The quantitative estimate of drug-likeness (QED) is 0.223. The lowest BCUT2D eigenvalue weighted by atomic mass is 9.73. The second-order valence-electron chi connectivity index (χ2n) is 7.94. The Hall–Kier alpha value is -2.14. The van der Waals surface area contributed by atoms with Crippen molar-refractivity contribution in [2.45, 2.75) is 44.1 Å². The molecule has 0 unspecified atom stereocenters. The lowest BCUT2D eigenvalue weighted by molar-refractivity contribution is -0.117. The number of guanidine groups is 1. The number of aliphatic imine (C=N–C) groups is 1.